The quantitative estimate of drug-likeness (QED) is 0.636. The van der Waals surface area contributed by atoms with Crippen LogP contribution in [0.5, 0.6) is 0 Å². The molecule has 0 saturated carbocycles. The van der Waals surface area contributed by atoms with Crippen LogP contribution in [0.15, 0.2) is 33.9 Å². The summed E-state index contributed by atoms with van der Waals surface area (Å²) in [5.74, 6) is 0. The van der Waals surface area contributed by atoms with Crippen molar-refractivity contribution in [2.24, 2.45) is 0 Å². The van der Waals surface area contributed by atoms with Crippen molar-refractivity contribution in [3.63, 3.8) is 0 Å². The summed E-state index contributed by atoms with van der Waals surface area (Å²) in [6.45, 7) is 0. The highest BCUT2D eigenvalue weighted by atomic mass is 16.6. The first kappa shape index (κ1) is 14.8. The molecule has 0 spiro atoms. The zero-order valence-corrected chi connectivity index (χ0v) is 10.8. The SMILES string of the molecule is O=c1[nH]c(/C=C/c2ccccc2[N+](=O)[O-])c([N+](=O)[O-])c(=O)[nH]1. The molecule has 10 nitrogen and oxygen atoms in total. The minimum absolute atomic E-state index is 0.169. The summed E-state index contributed by atoms with van der Waals surface area (Å²) < 4.78 is 0. The first-order valence-electron chi connectivity index (χ1n) is 5.82. The van der Waals surface area contributed by atoms with Crippen LogP contribution >= 0.6 is 0 Å². The number of hydrogen-bond acceptors (Lipinski definition) is 6. The Kier molecular flexibility index (Phi) is 3.93. The van der Waals surface area contributed by atoms with Crippen LogP contribution in [0.4, 0.5) is 11.4 Å². The molecule has 0 bridgehead atoms. The molecule has 1 aromatic carbocycles. The average molecular weight is 304 g/mol. The third-order valence-corrected chi connectivity index (χ3v) is 2.69. The standard InChI is InChI=1S/C12H8N4O6/c17-11-10(16(21)22)8(13-12(18)14-11)6-5-7-3-1-2-4-9(7)15(19)20/h1-6H,(H2,13,14,17,18)/b6-5+. The summed E-state index contributed by atoms with van der Waals surface area (Å²) in [5.41, 5.74) is -3.32. The van der Waals surface area contributed by atoms with Gasteiger partial charge in [0.25, 0.3) is 5.69 Å². The maximum absolute atomic E-state index is 11.4. The largest absolute Gasteiger partial charge is 0.357 e. The Hall–Kier alpha value is -3.56. The molecule has 0 aliphatic heterocycles. The van der Waals surface area contributed by atoms with Gasteiger partial charge in [-0.15, -0.1) is 0 Å². The van der Waals surface area contributed by atoms with Crippen molar-refractivity contribution in [1.82, 2.24) is 9.97 Å². The van der Waals surface area contributed by atoms with Crippen LogP contribution in [0.1, 0.15) is 11.3 Å². The predicted octanol–water partition coefficient (Wildman–Crippen LogP) is 1.05. The third kappa shape index (κ3) is 2.95. The van der Waals surface area contributed by atoms with Crippen molar-refractivity contribution in [2.45, 2.75) is 0 Å². The number of nitrogens with one attached hydrogen (secondary N) is 2. The smallest absolute Gasteiger partial charge is 0.301 e. The number of aromatic amines is 2. The van der Waals surface area contributed by atoms with Gasteiger partial charge in [-0.1, -0.05) is 12.1 Å². The summed E-state index contributed by atoms with van der Waals surface area (Å²) in [6, 6.07) is 5.69. The number of H-pyrrole nitrogens is 2. The number of nitrogens with zero attached hydrogens (tertiary/aromatic N) is 2. The molecule has 2 N–H and O–H groups in total. The molecule has 22 heavy (non-hydrogen) atoms. The van der Waals surface area contributed by atoms with Crippen LogP contribution in [-0.4, -0.2) is 19.8 Å². The molecule has 1 heterocycles. The van der Waals surface area contributed by atoms with Crippen LogP contribution < -0.4 is 11.2 Å². The summed E-state index contributed by atoms with van der Waals surface area (Å²) in [7, 11) is 0. The van der Waals surface area contributed by atoms with Gasteiger partial charge >= 0.3 is 16.9 Å². The molecule has 112 valence electrons. The molecule has 2 aromatic rings. The van der Waals surface area contributed by atoms with E-state index in [2.05, 4.69) is 4.98 Å². The van der Waals surface area contributed by atoms with Crippen molar-refractivity contribution < 1.29 is 9.85 Å². The molecule has 0 aliphatic rings. The van der Waals surface area contributed by atoms with Gasteiger partial charge in [0.2, 0.25) is 0 Å². The van der Waals surface area contributed by atoms with Crippen molar-refractivity contribution in [3.8, 4) is 0 Å². The second kappa shape index (κ2) is 5.83. The molecule has 0 aliphatic carbocycles. The van der Waals surface area contributed by atoms with E-state index in [-0.39, 0.29) is 16.9 Å². The first-order valence-corrected chi connectivity index (χ1v) is 5.82. The lowest BCUT2D eigenvalue weighted by atomic mass is 10.1. The fourth-order valence-corrected chi connectivity index (χ4v) is 1.77. The Morgan fingerprint density at radius 3 is 2.27 bits per heavy atom. The van der Waals surface area contributed by atoms with Gasteiger partial charge in [0.05, 0.1) is 15.4 Å². The molecule has 0 fully saturated rings. The van der Waals surface area contributed by atoms with Crippen LogP contribution in [0, 0.1) is 20.2 Å². The van der Waals surface area contributed by atoms with Gasteiger partial charge in [0.15, 0.2) is 0 Å². The lowest BCUT2D eigenvalue weighted by Gasteiger charge is -1.98. The summed E-state index contributed by atoms with van der Waals surface area (Å²) in [6.07, 6.45) is 2.27. The molecule has 0 atom stereocenters. The lowest BCUT2D eigenvalue weighted by Crippen LogP contribution is -2.25. The molecule has 0 unspecified atom stereocenters. The molecule has 0 amide bonds. The topological polar surface area (TPSA) is 152 Å². The van der Waals surface area contributed by atoms with E-state index in [4.69, 9.17) is 0 Å². The lowest BCUT2D eigenvalue weighted by molar-refractivity contribution is -0.386. The van der Waals surface area contributed by atoms with E-state index in [1.54, 1.807) is 11.1 Å². The third-order valence-electron chi connectivity index (χ3n) is 2.69. The van der Waals surface area contributed by atoms with Gasteiger partial charge in [-0.25, -0.2) is 4.79 Å². The van der Waals surface area contributed by atoms with Crippen LogP contribution in [-0.2, 0) is 0 Å². The van der Waals surface area contributed by atoms with Gasteiger partial charge in [-0.2, -0.15) is 0 Å². The zero-order valence-electron chi connectivity index (χ0n) is 10.8. The van der Waals surface area contributed by atoms with E-state index in [1.807, 2.05) is 0 Å². The maximum atomic E-state index is 11.4. The summed E-state index contributed by atoms with van der Waals surface area (Å²) >= 11 is 0. The van der Waals surface area contributed by atoms with E-state index in [0.29, 0.717) is 0 Å². The van der Waals surface area contributed by atoms with E-state index in [9.17, 15) is 29.8 Å². The van der Waals surface area contributed by atoms with Crippen molar-refractivity contribution >= 4 is 23.5 Å². The fourth-order valence-electron chi connectivity index (χ4n) is 1.77. The van der Waals surface area contributed by atoms with E-state index >= 15 is 0 Å². The number of nitro groups is 2. The number of nitro benzene ring substituents is 1. The number of hydrogen-bond donors (Lipinski definition) is 2. The zero-order chi connectivity index (χ0) is 16.3. The molecule has 0 radical (unpaired) electrons. The minimum Gasteiger partial charge on any atom is -0.301 e. The van der Waals surface area contributed by atoms with Crippen LogP contribution in [0.2, 0.25) is 0 Å². The van der Waals surface area contributed by atoms with Crippen LogP contribution in [0.3, 0.4) is 0 Å². The Morgan fingerprint density at radius 1 is 0.955 bits per heavy atom. The molecule has 0 saturated heterocycles. The number of aromatic nitrogens is 2. The van der Waals surface area contributed by atoms with Gasteiger partial charge < -0.3 is 4.98 Å². The minimum atomic E-state index is -1.16. The van der Waals surface area contributed by atoms with E-state index in [1.165, 1.54) is 24.3 Å². The highest BCUT2D eigenvalue weighted by molar-refractivity contribution is 5.75. The molecular weight excluding hydrogens is 296 g/mol. The summed E-state index contributed by atoms with van der Waals surface area (Å²) in [5, 5.41) is 21.7. The second-order valence-corrected chi connectivity index (χ2v) is 4.08. The van der Waals surface area contributed by atoms with Gasteiger partial charge in [-0.05, 0) is 18.2 Å². The Bertz CT molecular complexity index is 895. The number of benzene rings is 1. The van der Waals surface area contributed by atoms with Gasteiger partial charge in [-0.3, -0.25) is 30.0 Å². The Balaban J connectivity index is 2.57. The Labute approximate surface area is 121 Å². The van der Waals surface area contributed by atoms with Gasteiger partial charge in [0, 0.05) is 6.07 Å². The van der Waals surface area contributed by atoms with Crippen molar-refractivity contribution in [3.05, 3.63) is 76.6 Å². The maximum Gasteiger partial charge on any atom is 0.357 e. The number of rotatable bonds is 4. The van der Waals surface area contributed by atoms with Crippen molar-refractivity contribution in [2.75, 3.05) is 0 Å². The van der Waals surface area contributed by atoms with Crippen LogP contribution in [0.25, 0.3) is 12.2 Å². The molecule has 2 rings (SSSR count). The van der Waals surface area contributed by atoms with Gasteiger partial charge in [0.1, 0.15) is 5.69 Å². The number of para-hydroxylation sites is 1. The average Bonchev–Trinajstić information content (AvgIpc) is 2.44. The normalized spacial score (nSPS) is 10.7. The monoisotopic (exact) mass is 304 g/mol. The Morgan fingerprint density at radius 2 is 1.64 bits per heavy atom. The summed E-state index contributed by atoms with van der Waals surface area (Å²) in [4.78, 5) is 46.6. The second-order valence-electron chi connectivity index (χ2n) is 4.08. The predicted molar refractivity (Wildman–Crippen MR) is 76.4 cm³/mol. The molecular formula is C12H8N4O6. The highest BCUT2D eigenvalue weighted by Crippen LogP contribution is 2.21. The van der Waals surface area contributed by atoms with E-state index in [0.717, 1.165) is 6.08 Å². The first-order chi connectivity index (χ1) is 10.4. The van der Waals surface area contributed by atoms with E-state index < -0.39 is 26.8 Å². The highest BCUT2D eigenvalue weighted by Gasteiger charge is 2.19. The molecule has 10 heteroatoms. The van der Waals surface area contributed by atoms with Crippen molar-refractivity contribution in [1.29, 1.82) is 0 Å². The molecule has 1 aromatic heterocycles. The fraction of sp³-hybridized carbons (Fsp3) is 0.